The summed E-state index contributed by atoms with van der Waals surface area (Å²) in [4.78, 5) is 37.0. The second kappa shape index (κ2) is 5.97. The minimum Gasteiger partial charge on any atom is -0.352 e. The molecule has 0 spiro atoms. The molecule has 2 aliphatic heterocycles. The summed E-state index contributed by atoms with van der Waals surface area (Å²) in [6, 6.07) is 3.36. The zero-order valence-electron chi connectivity index (χ0n) is 12.6. The van der Waals surface area contributed by atoms with E-state index in [1.54, 1.807) is 0 Å². The van der Waals surface area contributed by atoms with E-state index in [9.17, 15) is 27.2 Å². The highest BCUT2D eigenvalue weighted by Crippen LogP contribution is 2.25. The average Bonchev–Trinajstić information content (AvgIpc) is 2.96. The molecule has 0 saturated carbocycles. The van der Waals surface area contributed by atoms with Crippen LogP contribution in [0.25, 0.3) is 0 Å². The number of nitrogens with zero attached hydrogens (tertiary/aromatic N) is 1. The number of imide groups is 1. The normalized spacial score (nSPS) is 21.9. The minimum absolute atomic E-state index is 0.0118. The van der Waals surface area contributed by atoms with Gasteiger partial charge in [0, 0.05) is 19.0 Å². The van der Waals surface area contributed by atoms with Crippen molar-refractivity contribution in [2.75, 3.05) is 18.1 Å². The molecule has 1 aromatic rings. The van der Waals surface area contributed by atoms with Crippen molar-refractivity contribution in [3.8, 4) is 0 Å². The first-order valence-electron chi connectivity index (χ1n) is 7.43. The van der Waals surface area contributed by atoms with Gasteiger partial charge in [-0.25, -0.2) is 12.8 Å². The molecule has 2 heterocycles. The number of carbonyl (C=O) groups excluding carboxylic acids is 3. The van der Waals surface area contributed by atoms with Crippen LogP contribution >= 0.6 is 0 Å². The van der Waals surface area contributed by atoms with Crippen LogP contribution in [-0.4, -0.2) is 55.1 Å². The van der Waals surface area contributed by atoms with Gasteiger partial charge in [0.1, 0.15) is 5.82 Å². The molecule has 128 valence electrons. The summed E-state index contributed by atoms with van der Waals surface area (Å²) < 4.78 is 36.4. The molecule has 9 heteroatoms. The Labute approximate surface area is 137 Å². The summed E-state index contributed by atoms with van der Waals surface area (Å²) >= 11 is 0. The predicted octanol–water partition coefficient (Wildman–Crippen LogP) is 0.115. The first-order chi connectivity index (χ1) is 11.3. The molecule has 1 fully saturated rings. The Kier molecular flexibility index (Phi) is 4.12. The van der Waals surface area contributed by atoms with Gasteiger partial charge in [-0.15, -0.1) is 0 Å². The Hall–Kier alpha value is -2.29. The molecule has 3 rings (SSSR count). The molecule has 1 atom stereocenters. The van der Waals surface area contributed by atoms with Crippen molar-refractivity contribution in [3.63, 3.8) is 0 Å². The van der Waals surface area contributed by atoms with Crippen molar-refractivity contribution in [2.24, 2.45) is 0 Å². The molecule has 0 aliphatic carbocycles. The van der Waals surface area contributed by atoms with Crippen molar-refractivity contribution in [3.05, 3.63) is 35.1 Å². The van der Waals surface area contributed by atoms with Gasteiger partial charge in [0.15, 0.2) is 9.84 Å². The van der Waals surface area contributed by atoms with E-state index in [0.29, 0.717) is 6.42 Å². The van der Waals surface area contributed by atoms with Crippen LogP contribution in [0, 0.1) is 5.82 Å². The van der Waals surface area contributed by atoms with Crippen molar-refractivity contribution >= 4 is 27.6 Å². The third-order valence-electron chi connectivity index (χ3n) is 4.11. The molecule has 1 saturated heterocycles. The number of rotatable bonds is 4. The Morgan fingerprint density at radius 2 is 2.04 bits per heavy atom. The fourth-order valence-corrected chi connectivity index (χ4v) is 4.59. The highest BCUT2D eigenvalue weighted by Gasteiger charge is 2.38. The Morgan fingerprint density at radius 3 is 2.67 bits per heavy atom. The van der Waals surface area contributed by atoms with Crippen molar-refractivity contribution < 1.29 is 27.2 Å². The second-order valence-electron chi connectivity index (χ2n) is 5.84. The number of nitrogens with one attached hydrogen (secondary N) is 1. The molecule has 3 amide bonds. The number of benzene rings is 1. The molecule has 1 aromatic carbocycles. The van der Waals surface area contributed by atoms with Gasteiger partial charge >= 0.3 is 0 Å². The maximum atomic E-state index is 13.7. The Balaban J connectivity index is 1.60. The standard InChI is InChI=1S/C15H15FN2O5S/c16-11-3-1-2-10-13(11)15(21)18(14(10)20)6-4-12(19)17-9-5-7-24(22,23)8-9/h1-3,9H,4-8H2,(H,17,19). The number of carbonyl (C=O) groups is 3. The van der Waals surface area contributed by atoms with Gasteiger partial charge in [0.25, 0.3) is 11.8 Å². The zero-order valence-corrected chi connectivity index (χ0v) is 13.4. The van der Waals surface area contributed by atoms with Crippen LogP contribution in [0.3, 0.4) is 0 Å². The highest BCUT2D eigenvalue weighted by atomic mass is 32.2. The molecule has 0 aromatic heterocycles. The van der Waals surface area contributed by atoms with Crippen LogP contribution in [0.5, 0.6) is 0 Å². The Morgan fingerprint density at radius 1 is 1.29 bits per heavy atom. The maximum absolute atomic E-state index is 13.7. The van der Waals surface area contributed by atoms with E-state index in [0.717, 1.165) is 11.0 Å². The van der Waals surface area contributed by atoms with E-state index < -0.39 is 39.4 Å². The van der Waals surface area contributed by atoms with Gasteiger partial charge in [-0.2, -0.15) is 0 Å². The molecule has 7 nitrogen and oxygen atoms in total. The molecular weight excluding hydrogens is 339 g/mol. The highest BCUT2D eigenvalue weighted by molar-refractivity contribution is 7.91. The summed E-state index contributed by atoms with van der Waals surface area (Å²) in [5.41, 5.74) is -0.285. The van der Waals surface area contributed by atoms with E-state index >= 15 is 0 Å². The van der Waals surface area contributed by atoms with Gasteiger partial charge in [-0.1, -0.05) is 6.07 Å². The molecule has 2 aliphatic rings. The van der Waals surface area contributed by atoms with Crippen molar-refractivity contribution in [2.45, 2.75) is 18.9 Å². The van der Waals surface area contributed by atoms with Gasteiger partial charge in [0.2, 0.25) is 5.91 Å². The van der Waals surface area contributed by atoms with Crippen LogP contribution in [-0.2, 0) is 14.6 Å². The SMILES string of the molecule is O=C(CCN1C(=O)c2cccc(F)c2C1=O)NC1CCS(=O)(=O)C1. The van der Waals surface area contributed by atoms with Crippen LogP contribution in [0.2, 0.25) is 0 Å². The summed E-state index contributed by atoms with van der Waals surface area (Å²) in [6.45, 7) is -0.183. The first-order valence-corrected chi connectivity index (χ1v) is 9.25. The van der Waals surface area contributed by atoms with Gasteiger partial charge in [-0.3, -0.25) is 19.3 Å². The summed E-state index contributed by atoms with van der Waals surface area (Å²) in [7, 11) is -3.11. The third kappa shape index (κ3) is 3.03. The molecule has 1 unspecified atom stereocenters. The zero-order chi connectivity index (χ0) is 17.5. The maximum Gasteiger partial charge on any atom is 0.264 e. The van der Waals surface area contributed by atoms with Crippen LogP contribution in [0.4, 0.5) is 4.39 Å². The lowest BCUT2D eigenvalue weighted by atomic mass is 10.1. The topological polar surface area (TPSA) is 101 Å². The number of halogens is 1. The summed E-state index contributed by atoms with van der Waals surface area (Å²) in [5.74, 6) is -2.68. The van der Waals surface area contributed by atoms with Crippen LogP contribution in [0.1, 0.15) is 33.6 Å². The quantitative estimate of drug-likeness (QED) is 0.774. The lowest BCUT2D eigenvalue weighted by molar-refractivity contribution is -0.121. The number of hydrogen-bond acceptors (Lipinski definition) is 5. The Bertz CT molecular complexity index is 836. The lowest BCUT2D eigenvalue weighted by Gasteiger charge is -2.15. The largest absolute Gasteiger partial charge is 0.352 e. The molecule has 1 N–H and O–H groups in total. The van der Waals surface area contributed by atoms with E-state index in [2.05, 4.69) is 5.32 Å². The fourth-order valence-electron chi connectivity index (χ4n) is 2.92. The predicted molar refractivity (Wildman–Crippen MR) is 81.6 cm³/mol. The number of amides is 3. The summed E-state index contributed by atoms with van der Waals surface area (Å²) in [6.07, 6.45) is 0.190. The molecule has 0 radical (unpaired) electrons. The molecular formula is C15H15FN2O5S. The first kappa shape index (κ1) is 16.6. The average molecular weight is 354 g/mol. The van der Waals surface area contributed by atoms with E-state index in [-0.39, 0.29) is 35.6 Å². The minimum atomic E-state index is -3.11. The van der Waals surface area contributed by atoms with Crippen molar-refractivity contribution in [1.29, 1.82) is 0 Å². The van der Waals surface area contributed by atoms with Gasteiger partial charge in [-0.05, 0) is 18.6 Å². The van der Waals surface area contributed by atoms with Crippen LogP contribution in [0.15, 0.2) is 18.2 Å². The van der Waals surface area contributed by atoms with E-state index in [1.807, 2.05) is 0 Å². The molecule has 24 heavy (non-hydrogen) atoms. The fraction of sp³-hybridized carbons (Fsp3) is 0.400. The lowest BCUT2D eigenvalue weighted by Crippen LogP contribution is -2.39. The third-order valence-corrected chi connectivity index (χ3v) is 5.88. The monoisotopic (exact) mass is 354 g/mol. The van der Waals surface area contributed by atoms with E-state index in [1.165, 1.54) is 12.1 Å². The second-order valence-corrected chi connectivity index (χ2v) is 8.07. The smallest absolute Gasteiger partial charge is 0.264 e. The van der Waals surface area contributed by atoms with Crippen molar-refractivity contribution in [1.82, 2.24) is 10.2 Å². The van der Waals surface area contributed by atoms with E-state index in [4.69, 9.17) is 0 Å². The number of fused-ring (bicyclic) bond motifs is 1. The molecule has 0 bridgehead atoms. The van der Waals surface area contributed by atoms with Crippen LogP contribution < -0.4 is 5.32 Å². The van der Waals surface area contributed by atoms with Gasteiger partial charge < -0.3 is 5.32 Å². The summed E-state index contributed by atoms with van der Waals surface area (Å²) in [5, 5.41) is 2.58. The number of hydrogen-bond donors (Lipinski definition) is 1. The van der Waals surface area contributed by atoms with Gasteiger partial charge in [0.05, 0.1) is 22.6 Å². The number of sulfone groups is 1.